The van der Waals surface area contributed by atoms with Crippen LogP contribution in [0.2, 0.25) is 0 Å². The lowest BCUT2D eigenvalue weighted by atomic mass is 10.0. The van der Waals surface area contributed by atoms with Crippen molar-refractivity contribution in [1.29, 1.82) is 0 Å². The molecule has 0 saturated carbocycles. The number of ether oxygens (including phenoxy) is 2. The molecule has 0 bridgehead atoms. The highest BCUT2D eigenvalue weighted by Crippen LogP contribution is 2.31. The van der Waals surface area contributed by atoms with Gasteiger partial charge in [0.1, 0.15) is 18.2 Å². The molecule has 3 nitrogen and oxygen atoms in total. The van der Waals surface area contributed by atoms with E-state index in [-0.39, 0.29) is 24.5 Å². The van der Waals surface area contributed by atoms with Gasteiger partial charge >= 0.3 is 0 Å². The van der Waals surface area contributed by atoms with Crippen molar-refractivity contribution in [3.05, 3.63) is 107 Å². The predicted molar refractivity (Wildman–Crippen MR) is 125 cm³/mol. The topological polar surface area (TPSA) is 38.7 Å². The van der Waals surface area contributed by atoms with Gasteiger partial charge in [-0.1, -0.05) is 48.5 Å². The third-order valence-corrected chi connectivity index (χ3v) is 5.41. The minimum atomic E-state index is -1.07. The van der Waals surface area contributed by atoms with Crippen molar-refractivity contribution in [2.24, 2.45) is 0 Å². The first-order valence-corrected chi connectivity index (χ1v) is 10.8. The molecule has 0 unspecified atom stereocenters. The standard InChI is InChI=1S/C28H23F3O3/c1-2-33-22-11-12-23(25(29)15-22)20-9-5-19(6-10-20)17-34-26-14-13-24(27(30)28(26)31)21-7-3-18(16-32)4-8-21/h3-15,32H,2,16-17H2,1H3. The Morgan fingerprint density at radius 1 is 0.676 bits per heavy atom. The van der Waals surface area contributed by atoms with E-state index < -0.39 is 17.5 Å². The van der Waals surface area contributed by atoms with Gasteiger partial charge in [0.15, 0.2) is 11.6 Å². The molecule has 0 aliphatic heterocycles. The van der Waals surface area contributed by atoms with Crippen LogP contribution in [0.25, 0.3) is 22.3 Å². The number of rotatable bonds is 8. The summed E-state index contributed by atoms with van der Waals surface area (Å²) in [6.07, 6.45) is 0. The van der Waals surface area contributed by atoms with Crippen LogP contribution in [0.5, 0.6) is 11.5 Å². The van der Waals surface area contributed by atoms with E-state index >= 15 is 0 Å². The first-order valence-electron chi connectivity index (χ1n) is 10.8. The molecular formula is C28H23F3O3. The van der Waals surface area contributed by atoms with Crippen molar-refractivity contribution in [3.8, 4) is 33.8 Å². The smallest absolute Gasteiger partial charge is 0.201 e. The summed E-state index contributed by atoms with van der Waals surface area (Å²) in [4.78, 5) is 0. The summed E-state index contributed by atoms with van der Waals surface area (Å²) in [5.41, 5.74) is 3.12. The lowest BCUT2D eigenvalue weighted by Crippen LogP contribution is -2.00. The van der Waals surface area contributed by atoms with Gasteiger partial charge < -0.3 is 14.6 Å². The summed E-state index contributed by atoms with van der Waals surface area (Å²) in [6.45, 7) is 2.18. The van der Waals surface area contributed by atoms with Crippen LogP contribution < -0.4 is 9.47 Å². The van der Waals surface area contributed by atoms with E-state index in [4.69, 9.17) is 14.6 Å². The maximum absolute atomic E-state index is 14.7. The van der Waals surface area contributed by atoms with Gasteiger partial charge in [-0.2, -0.15) is 4.39 Å². The molecule has 174 valence electrons. The van der Waals surface area contributed by atoms with Gasteiger partial charge in [-0.05, 0) is 53.4 Å². The Morgan fingerprint density at radius 3 is 1.91 bits per heavy atom. The zero-order valence-electron chi connectivity index (χ0n) is 18.5. The summed E-state index contributed by atoms with van der Waals surface area (Å²) in [5.74, 6) is -2.20. The maximum Gasteiger partial charge on any atom is 0.201 e. The second-order valence-electron chi connectivity index (χ2n) is 7.65. The average molecular weight is 464 g/mol. The van der Waals surface area contributed by atoms with Crippen LogP contribution in [0.4, 0.5) is 13.2 Å². The van der Waals surface area contributed by atoms with Gasteiger partial charge in [-0.3, -0.25) is 0 Å². The molecule has 0 aliphatic carbocycles. The van der Waals surface area contributed by atoms with Crippen molar-refractivity contribution in [2.45, 2.75) is 20.1 Å². The van der Waals surface area contributed by atoms with Crippen molar-refractivity contribution < 1.29 is 27.8 Å². The SMILES string of the molecule is CCOc1ccc(-c2ccc(COc3ccc(-c4ccc(CO)cc4)c(F)c3F)cc2)c(F)c1. The maximum atomic E-state index is 14.7. The van der Waals surface area contributed by atoms with Crippen molar-refractivity contribution in [2.75, 3.05) is 6.61 Å². The van der Waals surface area contributed by atoms with Crippen molar-refractivity contribution in [1.82, 2.24) is 0 Å². The van der Waals surface area contributed by atoms with Gasteiger partial charge in [-0.15, -0.1) is 0 Å². The second-order valence-corrected chi connectivity index (χ2v) is 7.65. The van der Waals surface area contributed by atoms with Crippen LogP contribution in [0.1, 0.15) is 18.1 Å². The second kappa shape index (κ2) is 10.4. The van der Waals surface area contributed by atoms with E-state index in [1.807, 2.05) is 6.92 Å². The van der Waals surface area contributed by atoms with Crippen molar-refractivity contribution in [3.63, 3.8) is 0 Å². The molecule has 34 heavy (non-hydrogen) atoms. The van der Waals surface area contributed by atoms with Gasteiger partial charge in [0, 0.05) is 17.2 Å². The van der Waals surface area contributed by atoms with Crippen molar-refractivity contribution >= 4 is 0 Å². The fraction of sp³-hybridized carbons (Fsp3) is 0.143. The van der Waals surface area contributed by atoms with Crippen LogP contribution in [-0.2, 0) is 13.2 Å². The molecule has 0 radical (unpaired) electrons. The van der Waals surface area contributed by atoms with Crippen LogP contribution >= 0.6 is 0 Å². The first kappa shape index (κ1) is 23.4. The average Bonchev–Trinajstić information content (AvgIpc) is 2.86. The van der Waals surface area contributed by atoms with E-state index in [0.717, 1.165) is 5.56 Å². The van der Waals surface area contributed by atoms with E-state index in [9.17, 15) is 13.2 Å². The molecule has 0 fully saturated rings. The van der Waals surface area contributed by atoms with E-state index in [1.54, 1.807) is 60.7 Å². The Bertz CT molecular complexity index is 1270. The summed E-state index contributed by atoms with van der Waals surface area (Å²) in [6, 6.07) is 21.1. The van der Waals surface area contributed by atoms with Crippen LogP contribution in [0.15, 0.2) is 78.9 Å². The molecule has 0 spiro atoms. The summed E-state index contributed by atoms with van der Waals surface area (Å²) in [5, 5.41) is 9.13. The molecule has 0 saturated heterocycles. The highest BCUT2D eigenvalue weighted by atomic mass is 19.2. The van der Waals surface area contributed by atoms with Crippen LogP contribution in [-0.4, -0.2) is 11.7 Å². The summed E-state index contributed by atoms with van der Waals surface area (Å²) in [7, 11) is 0. The number of aliphatic hydroxyl groups is 1. The zero-order chi connectivity index (χ0) is 24.1. The number of aliphatic hydroxyl groups excluding tert-OH is 1. The Morgan fingerprint density at radius 2 is 1.29 bits per heavy atom. The Balaban J connectivity index is 1.46. The highest BCUT2D eigenvalue weighted by Gasteiger charge is 2.16. The number of halogens is 3. The number of hydrogen-bond acceptors (Lipinski definition) is 3. The zero-order valence-corrected chi connectivity index (χ0v) is 18.5. The van der Waals surface area contributed by atoms with Gasteiger partial charge in [0.25, 0.3) is 0 Å². The fourth-order valence-electron chi connectivity index (χ4n) is 3.58. The number of hydrogen-bond donors (Lipinski definition) is 1. The molecule has 4 aromatic carbocycles. The molecule has 0 amide bonds. The largest absolute Gasteiger partial charge is 0.494 e. The third kappa shape index (κ3) is 5.07. The Kier molecular flexibility index (Phi) is 7.18. The molecule has 0 atom stereocenters. The highest BCUT2D eigenvalue weighted by molar-refractivity contribution is 5.66. The van der Waals surface area contributed by atoms with Crippen LogP contribution in [0, 0.1) is 17.5 Å². The fourth-order valence-corrected chi connectivity index (χ4v) is 3.58. The molecule has 0 aromatic heterocycles. The Labute approximate surface area is 196 Å². The van der Waals surface area contributed by atoms with E-state index in [0.29, 0.717) is 34.6 Å². The van der Waals surface area contributed by atoms with E-state index in [1.165, 1.54) is 18.2 Å². The summed E-state index contributed by atoms with van der Waals surface area (Å²) < 4.78 is 54.5. The normalized spacial score (nSPS) is 10.9. The Hall–Kier alpha value is -3.77. The molecule has 4 aromatic rings. The summed E-state index contributed by atoms with van der Waals surface area (Å²) >= 11 is 0. The minimum absolute atomic E-state index is 0.0208. The molecule has 4 rings (SSSR count). The molecule has 0 aliphatic rings. The molecule has 1 N–H and O–H groups in total. The van der Waals surface area contributed by atoms with Gasteiger partial charge in [0.2, 0.25) is 5.82 Å². The van der Waals surface area contributed by atoms with Gasteiger partial charge in [0.05, 0.1) is 13.2 Å². The predicted octanol–water partition coefficient (Wildman–Crippen LogP) is 6.91. The minimum Gasteiger partial charge on any atom is -0.494 e. The lowest BCUT2D eigenvalue weighted by molar-refractivity contribution is 0.282. The molecule has 6 heteroatoms. The van der Waals surface area contributed by atoms with Crippen LogP contribution in [0.3, 0.4) is 0 Å². The quantitative estimate of drug-likeness (QED) is 0.308. The third-order valence-electron chi connectivity index (χ3n) is 5.41. The molecule has 0 heterocycles. The van der Waals surface area contributed by atoms with E-state index in [2.05, 4.69) is 0 Å². The molecular weight excluding hydrogens is 441 g/mol. The first-order chi connectivity index (χ1) is 16.5. The number of benzene rings is 4. The lowest BCUT2D eigenvalue weighted by Gasteiger charge is -2.12. The monoisotopic (exact) mass is 464 g/mol. The van der Waals surface area contributed by atoms with Gasteiger partial charge in [-0.25, -0.2) is 8.78 Å².